The van der Waals surface area contributed by atoms with Gasteiger partial charge < -0.3 is 20.1 Å². The van der Waals surface area contributed by atoms with Crippen molar-refractivity contribution in [2.24, 2.45) is 0 Å². The van der Waals surface area contributed by atoms with Gasteiger partial charge in [-0.15, -0.1) is 5.10 Å². The van der Waals surface area contributed by atoms with Crippen LogP contribution in [0.5, 0.6) is 0 Å². The number of halogens is 7. The topological polar surface area (TPSA) is 114 Å². The second-order valence-corrected chi connectivity index (χ2v) is 9.23. The molecule has 1 aliphatic heterocycles. The summed E-state index contributed by atoms with van der Waals surface area (Å²) >= 11 is 6.41. The lowest BCUT2D eigenvalue weighted by Gasteiger charge is -2.41. The molecule has 4 rings (SSSR count). The van der Waals surface area contributed by atoms with Crippen molar-refractivity contribution < 1.29 is 46.4 Å². The van der Waals surface area contributed by atoms with Crippen LogP contribution in [0.4, 0.5) is 26.3 Å². The fourth-order valence-corrected chi connectivity index (χ4v) is 4.97. The number of aliphatic hydroxyl groups excluding tert-OH is 3. The van der Waals surface area contributed by atoms with Crippen LogP contribution in [0.3, 0.4) is 0 Å². The number of benzene rings is 1. The molecule has 2 aromatic heterocycles. The lowest BCUT2D eigenvalue weighted by atomic mass is 9.97. The maximum absolute atomic E-state index is 13.6. The molecule has 0 saturated carbocycles. The van der Waals surface area contributed by atoms with Crippen LogP contribution in [-0.2, 0) is 10.9 Å². The summed E-state index contributed by atoms with van der Waals surface area (Å²) < 4.78 is 85.7. The molecule has 36 heavy (non-hydrogen) atoms. The lowest BCUT2D eigenvalue weighted by molar-refractivity contribution is -0.178. The third-order valence-corrected chi connectivity index (χ3v) is 6.69. The van der Waals surface area contributed by atoms with Gasteiger partial charge in [0, 0.05) is 16.7 Å². The molecule has 1 fully saturated rings. The SMILES string of the molecule is OCC1O[C@H](Sc2cnc(C(F)(F)F)c(Cl)c2)[C@@H](O)C(n2cc(-c3cc(F)c(F)c(F)c3)nn2)[C@H]1O. The third-order valence-electron chi connectivity index (χ3n) is 5.28. The summed E-state index contributed by atoms with van der Waals surface area (Å²) in [6.07, 6.45) is -7.17. The molecule has 5 atom stereocenters. The highest BCUT2D eigenvalue weighted by Crippen LogP contribution is 2.40. The quantitative estimate of drug-likeness (QED) is 0.324. The number of thioether (sulfide) groups is 1. The van der Waals surface area contributed by atoms with Gasteiger partial charge in [0.25, 0.3) is 0 Å². The third kappa shape index (κ3) is 5.17. The number of rotatable bonds is 5. The summed E-state index contributed by atoms with van der Waals surface area (Å²) in [6, 6.07) is 1.01. The predicted molar refractivity (Wildman–Crippen MR) is 112 cm³/mol. The normalized spacial score (nSPS) is 24.8. The van der Waals surface area contributed by atoms with Crippen molar-refractivity contribution in [3.8, 4) is 11.3 Å². The number of aromatic nitrogens is 4. The van der Waals surface area contributed by atoms with E-state index >= 15 is 0 Å². The molecule has 2 unspecified atom stereocenters. The second kappa shape index (κ2) is 10.1. The largest absolute Gasteiger partial charge is 0.434 e. The van der Waals surface area contributed by atoms with Crippen LogP contribution in [0.15, 0.2) is 35.5 Å². The van der Waals surface area contributed by atoms with Crippen LogP contribution in [-0.4, -0.2) is 65.7 Å². The van der Waals surface area contributed by atoms with Gasteiger partial charge in [-0.3, -0.25) is 0 Å². The summed E-state index contributed by atoms with van der Waals surface area (Å²) in [5.74, 6) is -4.61. The fraction of sp³-hybridized carbons (Fsp3) is 0.350. The van der Waals surface area contributed by atoms with Gasteiger partial charge in [0.1, 0.15) is 35.5 Å². The van der Waals surface area contributed by atoms with Gasteiger partial charge in [0.2, 0.25) is 0 Å². The Labute approximate surface area is 207 Å². The zero-order valence-corrected chi connectivity index (χ0v) is 19.1. The van der Waals surface area contributed by atoms with Crippen molar-refractivity contribution in [2.45, 2.75) is 40.9 Å². The molecule has 0 aliphatic carbocycles. The Hall–Kier alpha value is -2.43. The number of ether oxygens (including phenoxy) is 1. The lowest BCUT2D eigenvalue weighted by Crippen LogP contribution is -2.55. The molecule has 16 heteroatoms. The minimum absolute atomic E-state index is 0.0837. The van der Waals surface area contributed by atoms with Crippen LogP contribution in [0, 0.1) is 17.5 Å². The van der Waals surface area contributed by atoms with Crippen molar-refractivity contribution >= 4 is 23.4 Å². The molecule has 1 saturated heterocycles. The minimum Gasteiger partial charge on any atom is -0.394 e. The summed E-state index contributed by atoms with van der Waals surface area (Å²) in [4.78, 5) is 3.38. The van der Waals surface area contributed by atoms with Gasteiger partial charge >= 0.3 is 6.18 Å². The Morgan fingerprint density at radius 3 is 2.33 bits per heavy atom. The van der Waals surface area contributed by atoms with Crippen LogP contribution in [0.1, 0.15) is 11.7 Å². The zero-order chi connectivity index (χ0) is 26.4. The van der Waals surface area contributed by atoms with E-state index < -0.39 is 70.7 Å². The standard InChI is InChI=1S/C20H15ClF6N4O4S/c21-9-3-8(4-28-18(9)20(25,26)27)36-19-17(34)15(16(33)13(6-32)35-19)31-5-12(29-30-31)7-1-10(22)14(24)11(23)2-7/h1-5,13,15-17,19,32-34H,6H2/t13?,15?,16-,17-,19+/m0/s1. The van der Waals surface area contributed by atoms with Gasteiger partial charge in [-0.25, -0.2) is 22.8 Å². The molecule has 0 bridgehead atoms. The Morgan fingerprint density at radius 1 is 1.08 bits per heavy atom. The molecular formula is C20H15ClF6N4O4S. The number of pyridine rings is 1. The van der Waals surface area contributed by atoms with Crippen molar-refractivity contribution in [1.29, 1.82) is 0 Å². The molecule has 0 radical (unpaired) electrons. The van der Waals surface area contributed by atoms with Gasteiger partial charge in [0.05, 0.1) is 17.8 Å². The van der Waals surface area contributed by atoms with Gasteiger partial charge in [-0.2, -0.15) is 13.2 Å². The molecule has 3 aromatic rings. The summed E-state index contributed by atoms with van der Waals surface area (Å²) in [5, 5.41) is 38.0. The van der Waals surface area contributed by atoms with Crippen LogP contribution in [0.2, 0.25) is 5.02 Å². The average Bonchev–Trinajstić information content (AvgIpc) is 3.28. The number of hydrogen-bond acceptors (Lipinski definition) is 8. The van der Waals surface area contributed by atoms with E-state index in [9.17, 15) is 41.7 Å². The van der Waals surface area contributed by atoms with Gasteiger partial charge in [-0.1, -0.05) is 28.6 Å². The summed E-state index contributed by atoms with van der Waals surface area (Å²) in [7, 11) is 0. The summed E-state index contributed by atoms with van der Waals surface area (Å²) in [5.41, 5.74) is -2.85. The Morgan fingerprint density at radius 2 is 1.75 bits per heavy atom. The number of alkyl halides is 3. The predicted octanol–water partition coefficient (Wildman–Crippen LogP) is 3.20. The van der Waals surface area contributed by atoms with Gasteiger partial charge in [0.15, 0.2) is 23.1 Å². The number of nitrogens with zero attached hydrogens (tertiary/aromatic N) is 4. The first kappa shape index (κ1) is 26.6. The Kier molecular flexibility index (Phi) is 7.50. The van der Waals surface area contributed by atoms with E-state index in [2.05, 4.69) is 15.3 Å². The Balaban J connectivity index is 1.62. The van der Waals surface area contributed by atoms with E-state index in [4.69, 9.17) is 16.3 Å². The van der Waals surface area contributed by atoms with Gasteiger partial charge in [-0.05, 0) is 18.2 Å². The summed E-state index contributed by atoms with van der Waals surface area (Å²) in [6.45, 7) is -0.705. The molecule has 1 aliphatic rings. The minimum atomic E-state index is -4.78. The van der Waals surface area contributed by atoms with E-state index in [1.807, 2.05) is 0 Å². The monoisotopic (exact) mass is 556 g/mol. The molecule has 194 valence electrons. The maximum atomic E-state index is 13.6. The van der Waals surface area contributed by atoms with E-state index in [1.54, 1.807) is 0 Å². The molecule has 0 spiro atoms. The average molecular weight is 557 g/mol. The van der Waals surface area contributed by atoms with E-state index in [-0.39, 0.29) is 16.2 Å². The second-order valence-electron chi connectivity index (χ2n) is 7.65. The highest BCUT2D eigenvalue weighted by Gasteiger charge is 2.46. The van der Waals surface area contributed by atoms with E-state index in [1.165, 1.54) is 0 Å². The van der Waals surface area contributed by atoms with Crippen LogP contribution < -0.4 is 0 Å². The molecule has 3 heterocycles. The fourth-order valence-electron chi connectivity index (χ4n) is 3.56. The molecule has 8 nitrogen and oxygen atoms in total. The van der Waals surface area contributed by atoms with Crippen molar-refractivity contribution in [1.82, 2.24) is 20.0 Å². The highest BCUT2D eigenvalue weighted by atomic mass is 35.5. The first-order chi connectivity index (χ1) is 16.9. The first-order valence-electron chi connectivity index (χ1n) is 9.99. The first-order valence-corrected chi connectivity index (χ1v) is 11.2. The Bertz CT molecular complexity index is 1240. The smallest absolute Gasteiger partial charge is 0.394 e. The molecular weight excluding hydrogens is 542 g/mol. The molecule has 3 N–H and O–H groups in total. The van der Waals surface area contributed by atoms with Crippen LogP contribution in [0.25, 0.3) is 11.3 Å². The van der Waals surface area contributed by atoms with Crippen molar-refractivity contribution in [2.75, 3.05) is 6.61 Å². The van der Waals surface area contributed by atoms with Crippen molar-refractivity contribution in [3.05, 3.63) is 58.8 Å². The number of hydrogen-bond donors (Lipinski definition) is 3. The molecule has 0 amide bonds. The van der Waals surface area contributed by atoms with E-state index in [0.29, 0.717) is 12.1 Å². The number of aliphatic hydroxyl groups is 3. The van der Waals surface area contributed by atoms with E-state index in [0.717, 1.165) is 34.9 Å². The maximum Gasteiger partial charge on any atom is 0.434 e. The molecule has 1 aromatic carbocycles. The zero-order valence-electron chi connectivity index (χ0n) is 17.6. The van der Waals surface area contributed by atoms with Crippen molar-refractivity contribution in [3.63, 3.8) is 0 Å². The highest BCUT2D eigenvalue weighted by molar-refractivity contribution is 7.99. The van der Waals surface area contributed by atoms with Crippen LogP contribution >= 0.6 is 23.4 Å².